The molecule has 6 heteroatoms. The van der Waals surface area contributed by atoms with E-state index in [1.165, 1.54) is 0 Å². The van der Waals surface area contributed by atoms with E-state index in [2.05, 4.69) is 6.58 Å². The highest BCUT2D eigenvalue weighted by Crippen LogP contribution is 2.35. The smallest absolute Gasteiger partial charge is 0.325 e. The molecule has 2 N–H and O–H groups in total. The maximum absolute atomic E-state index is 10.7. The number of nitrogens with zero attached hydrogens (tertiary/aromatic N) is 1. The fraction of sp³-hybridized carbons (Fsp3) is 0.818. The van der Waals surface area contributed by atoms with E-state index < -0.39 is 7.60 Å². The monoisotopic (exact) mass is 266 g/mol. The molecule has 17 heavy (non-hydrogen) atoms. The zero-order valence-electron chi connectivity index (χ0n) is 11.2. The van der Waals surface area contributed by atoms with Gasteiger partial charge >= 0.3 is 7.60 Å². The molecule has 0 aromatic carbocycles. The van der Waals surface area contributed by atoms with E-state index in [1.807, 2.05) is 27.9 Å². The third kappa shape index (κ3) is 8.52. The Balaban J connectivity index is 4.08. The van der Waals surface area contributed by atoms with Crippen LogP contribution in [0.1, 0.15) is 20.3 Å². The van der Waals surface area contributed by atoms with Gasteiger partial charge in [0.05, 0.1) is 33.4 Å². The fourth-order valence-electron chi connectivity index (χ4n) is 1.33. The predicted molar refractivity (Wildman–Crippen MR) is 68.7 cm³/mol. The molecule has 0 radical (unpaired) electrons. The van der Waals surface area contributed by atoms with Crippen molar-refractivity contribution in [2.75, 3.05) is 33.4 Å². The second-order valence-corrected chi connectivity index (χ2v) is 6.89. The molecule has 0 spiro atoms. The molecule has 0 bridgehead atoms. The third-order valence-electron chi connectivity index (χ3n) is 2.74. The van der Waals surface area contributed by atoms with Crippen LogP contribution in [0.25, 0.3) is 0 Å². The Bertz CT molecular complexity index is 298. The van der Waals surface area contributed by atoms with Crippen molar-refractivity contribution in [1.82, 2.24) is 0 Å². The molecule has 1 unspecified atom stereocenters. The molecule has 0 rings (SSSR count). The first kappa shape index (κ1) is 16.8. The first-order valence-corrected chi connectivity index (χ1v) is 7.47. The summed E-state index contributed by atoms with van der Waals surface area (Å²) < 4.78 is 17.0. The Hall–Kier alpha value is -0.190. The largest absolute Gasteiger partial charge is 0.325 e. The van der Waals surface area contributed by atoms with Gasteiger partial charge in [-0.25, -0.2) is 0 Å². The normalized spacial score (nSPS) is 14.7. The maximum atomic E-state index is 10.7. The Labute approximate surface area is 104 Å². The number of hydrogen-bond donors (Lipinski definition) is 2. The lowest BCUT2D eigenvalue weighted by Crippen LogP contribution is -2.49. The van der Waals surface area contributed by atoms with Crippen LogP contribution in [0, 0.1) is 0 Å². The topological polar surface area (TPSA) is 66.8 Å². The molecule has 0 aromatic rings. The average Bonchev–Trinajstić information content (AvgIpc) is 2.11. The summed E-state index contributed by atoms with van der Waals surface area (Å²) in [7, 11) is 0.0997. The molecule has 5 nitrogen and oxygen atoms in total. The van der Waals surface area contributed by atoms with Crippen molar-refractivity contribution in [3.8, 4) is 0 Å². The second-order valence-electron chi connectivity index (χ2n) is 5.11. The molecule has 0 aliphatic rings. The lowest BCUT2D eigenvalue weighted by molar-refractivity contribution is -0.935. The van der Waals surface area contributed by atoms with Crippen molar-refractivity contribution < 1.29 is 23.6 Å². The molecular weight excluding hydrogens is 241 g/mol. The Morgan fingerprint density at radius 1 is 1.47 bits per heavy atom. The van der Waals surface area contributed by atoms with E-state index in [9.17, 15) is 4.57 Å². The molecule has 1 atom stereocenters. The minimum absolute atomic E-state index is 0.0246. The van der Waals surface area contributed by atoms with Gasteiger partial charge in [-0.05, 0) is 6.92 Å². The molecular formula is C11H25NO4P+. The van der Waals surface area contributed by atoms with Gasteiger partial charge in [-0.15, -0.1) is 0 Å². The molecule has 0 fully saturated rings. The Kier molecular flexibility index (Phi) is 6.59. The molecule has 0 aliphatic heterocycles. The SMILES string of the molecule is C=C(C)COC(C)[N+](C)(C)CCCP(=O)(O)O. The summed E-state index contributed by atoms with van der Waals surface area (Å²) in [5.41, 5.74) is 0.965. The van der Waals surface area contributed by atoms with Crippen LogP contribution in [0.5, 0.6) is 0 Å². The first-order valence-electron chi connectivity index (χ1n) is 5.68. The highest BCUT2D eigenvalue weighted by atomic mass is 31.2. The molecule has 0 saturated heterocycles. The van der Waals surface area contributed by atoms with Gasteiger partial charge in [-0.1, -0.05) is 12.2 Å². The molecule has 0 aromatic heterocycles. The summed E-state index contributed by atoms with van der Waals surface area (Å²) in [6.45, 7) is 8.82. The number of rotatable bonds is 8. The van der Waals surface area contributed by atoms with Crippen molar-refractivity contribution in [3.63, 3.8) is 0 Å². The van der Waals surface area contributed by atoms with Crippen LogP contribution in [-0.2, 0) is 9.30 Å². The standard InChI is InChI=1S/C11H24NO4P/c1-10(2)9-16-11(3)12(4,5)7-6-8-17(13,14)15/h11H,1,6-9H2,2-5H3,(H-,13,14,15)/p+1. The van der Waals surface area contributed by atoms with Gasteiger partial charge in [0, 0.05) is 13.3 Å². The van der Waals surface area contributed by atoms with Crippen molar-refractivity contribution in [1.29, 1.82) is 0 Å². The first-order chi connectivity index (χ1) is 7.54. The minimum atomic E-state index is -3.88. The number of quaternary nitrogens is 1. The molecule has 0 aliphatic carbocycles. The van der Waals surface area contributed by atoms with Gasteiger partial charge in [-0.3, -0.25) is 4.57 Å². The summed E-state index contributed by atoms with van der Waals surface area (Å²) in [4.78, 5) is 17.6. The van der Waals surface area contributed by atoms with Crippen LogP contribution in [-0.4, -0.2) is 53.9 Å². The lowest BCUT2D eigenvalue weighted by Gasteiger charge is -2.35. The molecule has 0 saturated carbocycles. The van der Waals surface area contributed by atoms with Gasteiger partial charge in [-0.2, -0.15) is 0 Å². The number of hydrogen-bond acceptors (Lipinski definition) is 2. The Morgan fingerprint density at radius 3 is 2.41 bits per heavy atom. The number of ether oxygens (including phenoxy) is 1. The van der Waals surface area contributed by atoms with Crippen LogP contribution in [0.4, 0.5) is 0 Å². The fourth-order valence-corrected chi connectivity index (χ4v) is 1.88. The van der Waals surface area contributed by atoms with Crippen molar-refractivity contribution in [2.45, 2.75) is 26.5 Å². The minimum Gasteiger partial charge on any atom is -0.325 e. The average molecular weight is 266 g/mol. The van der Waals surface area contributed by atoms with Crippen molar-refractivity contribution in [2.24, 2.45) is 0 Å². The van der Waals surface area contributed by atoms with E-state index in [0.29, 0.717) is 24.1 Å². The van der Waals surface area contributed by atoms with Gasteiger partial charge in [0.1, 0.15) is 0 Å². The predicted octanol–water partition coefficient (Wildman–Crippen LogP) is 1.57. The summed E-state index contributed by atoms with van der Waals surface area (Å²) in [5, 5.41) is 0. The van der Waals surface area contributed by atoms with Gasteiger partial charge in [0.25, 0.3) is 0 Å². The molecule has 0 heterocycles. The lowest BCUT2D eigenvalue weighted by atomic mass is 10.3. The van der Waals surface area contributed by atoms with Crippen LogP contribution in [0.2, 0.25) is 0 Å². The van der Waals surface area contributed by atoms with Gasteiger partial charge < -0.3 is 19.0 Å². The summed E-state index contributed by atoms with van der Waals surface area (Å²) >= 11 is 0. The maximum Gasteiger partial charge on any atom is 0.325 e. The van der Waals surface area contributed by atoms with Crippen LogP contribution in [0.3, 0.4) is 0 Å². The molecule has 0 amide bonds. The zero-order chi connectivity index (χ0) is 13.7. The van der Waals surface area contributed by atoms with E-state index >= 15 is 0 Å². The van der Waals surface area contributed by atoms with Crippen LogP contribution in [0.15, 0.2) is 12.2 Å². The third-order valence-corrected chi connectivity index (χ3v) is 3.64. The highest BCUT2D eigenvalue weighted by molar-refractivity contribution is 7.51. The van der Waals surface area contributed by atoms with Crippen LogP contribution >= 0.6 is 7.60 Å². The zero-order valence-corrected chi connectivity index (χ0v) is 12.1. The Morgan fingerprint density at radius 2 is 2.00 bits per heavy atom. The summed E-state index contributed by atoms with van der Waals surface area (Å²) in [6.07, 6.45) is 0.392. The van der Waals surface area contributed by atoms with E-state index in [0.717, 1.165) is 5.57 Å². The van der Waals surface area contributed by atoms with E-state index in [-0.39, 0.29) is 12.4 Å². The van der Waals surface area contributed by atoms with Crippen molar-refractivity contribution in [3.05, 3.63) is 12.2 Å². The summed E-state index contributed by atoms with van der Waals surface area (Å²) in [6, 6.07) is 0. The van der Waals surface area contributed by atoms with Crippen molar-refractivity contribution >= 4 is 7.60 Å². The highest BCUT2D eigenvalue weighted by Gasteiger charge is 2.25. The summed E-state index contributed by atoms with van der Waals surface area (Å²) in [5.74, 6) is 0. The quantitative estimate of drug-likeness (QED) is 0.303. The van der Waals surface area contributed by atoms with Gasteiger partial charge in [0.2, 0.25) is 0 Å². The van der Waals surface area contributed by atoms with Gasteiger partial charge in [0.15, 0.2) is 6.23 Å². The van der Waals surface area contributed by atoms with E-state index in [4.69, 9.17) is 14.5 Å². The second kappa shape index (κ2) is 6.66. The molecule has 102 valence electrons. The van der Waals surface area contributed by atoms with E-state index in [1.54, 1.807) is 0 Å². The van der Waals surface area contributed by atoms with Crippen LogP contribution < -0.4 is 0 Å².